The molecule has 0 aromatic carbocycles. The molecule has 0 spiro atoms. The Labute approximate surface area is 58.0 Å². The fraction of sp³-hybridized carbons (Fsp3) is 1.00. The minimum absolute atomic E-state index is 0.162. The predicted octanol–water partition coefficient (Wildman–Crippen LogP) is 1.16. The highest BCUT2D eigenvalue weighted by Gasteiger charge is 2.33. The van der Waals surface area contributed by atoms with Crippen molar-refractivity contribution in [3.63, 3.8) is 0 Å². The number of rotatable bonds is 1. The van der Waals surface area contributed by atoms with E-state index in [4.69, 9.17) is 0 Å². The Kier molecular flexibility index (Phi) is 1.95. The van der Waals surface area contributed by atoms with Crippen LogP contribution in [-0.4, -0.2) is 22.0 Å². The average Bonchev–Trinajstić information content (AvgIpc) is 2.13. The maximum atomic E-state index is 10.2. The molecule has 2 unspecified atom stereocenters. The van der Waals surface area contributed by atoms with Crippen LogP contribution in [0.3, 0.4) is 0 Å². The Hall–Kier alpha value is -0.250. The molecule has 4 heteroatoms. The summed E-state index contributed by atoms with van der Waals surface area (Å²) >= 11 is 1.69. The lowest BCUT2D eigenvalue weighted by atomic mass is 10.2. The Morgan fingerprint density at radius 3 is 2.67 bits per heavy atom. The first-order valence-electron chi connectivity index (χ1n) is 2.97. The Bertz CT molecular complexity index is 128. The van der Waals surface area contributed by atoms with E-state index in [9.17, 15) is 10.1 Å². The third-order valence-corrected chi connectivity index (χ3v) is 2.92. The highest BCUT2D eigenvalue weighted by Crippen LogP contribution is 2.27. The molecule has 0 aromatic rings. The number of hydrogen-bond acceptors (Lipinski definition) is 3. The quantitative estimate of drug-likeness (QED) is 0.413. The SMILES string of the molecule is CC1SCCC1[N+](=O)[O-]. The van der Waals surface area contributed by atoms with Crippen molar-refractivity contribution < 1.29 is 4.92 Å². The standard InChI is InChI=1S/C5H9NO2S/c1-4-5(6(7)8)2-3-9-4/h4-5H,2-3H2,1H3. The van der Waals surface area contributed by atoms with Crippen LogP contribution in [0.25, 0.3) is 0 Å². The summed E-state index contributed by atoms with van der Waals surface area (Å²) in [6, 6.07) is -0.282. The lowest BCUT2D eigenvalue weighted by Crippen LogP contribution is -2.24. The summed E-state index contributed by atoms with van der Waals surface area (Å²) in [4.78, 5) is 10.0. The van der Waals surface area contributed by atoms with Gasteiger partial charge in [0, 0.05) is 17.1 Å². The topological polar surface area (TPSA) is 43.1 Å². The van der Waals surface area contributed by atoms with Crippen molar-refractivity contribution in [2.45, 2.75) is 24.6 Å². The fourth-order valence-electron chi connectivity index (χ4n) is 0.997. The number of nitrogens with zero attached hydrogens (tertiary/aromatic N) is 1. The van der Waals surface area contributed by atoms with E-state index in [1.165, 1.54) is 0 Å². The van der Waals surface area contributed by atoms with Gasteiger partial charge in [-0.25, -0.2) is 0 Å². The highest BCUT2D eigenvalue weighted by molar-refractivity contribution is 8.00. The van der Waals surface area contributed by atoms with E-state index >= 15 is 0 Å². The van der Waals surface area contributed by atoms with Gasteiger partial charge in [0.25, 0.3) is 0 Å². The van der Waals surface area contributed by atoms with E-state index in [1.807, 2.05) is 6.92 Å². The van der Waals surface area contributed by atoms with Crippen molar-refractivity contribution in [2.24, 2.45) is 0 Å². The number of hydrogen-bond donors (Lipinski definition) is 0. The van der Waals surface area contributed by atoms with Gasteiger partial charge in [0.1, 0.15) is 0 Å². The number of thioether (sulfide) groups is 1. The molecule has 52 valence electrons. The van der Waals surface area contributed by atoms with E-state index in [-0.39, 0.29) is 16.2 Å². The van der Waals surface area contributed by atoms with Crippen LogP contribution in [0.2, 0.25) is 0 Å². The summed E-state index contributed by atoms with van der Waals surface area (Å²) in [6.45, 7) is 1.92. The van der Waals surface area contributed by atoms with Crippen molar-refractivity contribution in [3.8, 4) is 0 Å². The third-order valence-electron chi connectivity index (χ3n) is 1.61. The molecule has 1 saturated heterocycles. The van der Waals surface area contributed by atoms with Gasteiger partial charge in [-0.3, -0.25) is 10.1 Å². The van der Waals surface area contributed by atoms with E-state index < -0.39 is 0 Å². The lowest BCUT2D eigenvalue weighted by Gasteiger charge is -2.03. The molecular formula is C5H9NO2S. The van der Waals surface area contributed by atoms with Gasteiger partial charge in [-0.1, -0.05) is 0 Å². The van der Waals surface area contributed by atoms with Crippen molar-refractivity contribution in [2.75, 3.05) is 5.75 Å². The molecule has 0 aliphatic carbocycles. The molecule has 9 heavy (non-hydrogen) atoms. The van der Waals surface area contributed by atoms with Crippen molar-refractivity contribution in [1.29, 1.82) is 0 Å². The van der Waals surface area contributed by atoms with E-state index in [1.54, 1.807) is 11.8 Å². The van der Waals surface area contributed by atoms with Crippen LogP contribution in [0.4, 0.5) is 0 Å². The minimum Gasteiger partial charge on any atom is -0.264 e. The van der Waals surface area contributed by atoms with Crippen LogP contribution >= 0.6 is 11.8 Å². The van der Waals surface area contributed by atoms with Crippen molar-refractivity contribution in [1.82, 2.24) is 0 Å². The zero-order chi connectivity index (χ0) is 6.85. The summed E-state index contributed by atoms with van der Waals surface area (Å²) < 4.78 is 0. The molecule has 1 aliphatic rings. The minimum atomic E-state index is -0.282. The van der Waals surface area contributed by atoms with Gasteiger partial charge in [-0.15, -0.1) is 0 Å². The van der Waals surface area contributed by atoms with Gasteiger partial charge < -0.3 is 0 Å². The van der Waals surface area contributed by atoms with Crippen LogP contribution in [0, 0.1) is 10.1 Å². The second-order valence-corrected chi connectivity index (χ2v) is 3.70. The van der Waals surface area contributed by atoms with E-state index in [2.05, 4.69) is 0 Å². The molecular weight excluding hydrogens is 138 g/mol. The van der Waals surface area contributed by atoms with Gasteiger partial charge in [0.2, 0.25) is 6.04 Å². The Balaban J connectivity index is 2.49. The normalized spacial score (nSPS) is 34.8. The summed E-state index contributed by atoms with van der Waals surface area (Å²) in [5, 5.41) is 10.4. The van der Waals surface area contributed by atoms with Gasteiger partial charge in [0.15, 0.2) is 0 Å². The van der Waals surface area contributed by atoms with Crippen molar-refractivity contribution >= 4 is 11.8 Å². The molecule has 1 aliphatic heterocycles. The predicted molar refractivity (Wildman–Crippen MR) is 37.3 cm³/mol. The Morgan fingerprint density at radius 1 is 1.78 bits per heavy atom. The monoisotopic (exact) mass is 147 g/mol. The smallest absolute Gasteiger partial charge is 0.225 e. The number of nitro groups is 1. The molecule has 0 saturated carbocycles. The zero-order valence-electron chi connectivity index (χ0n) is 5.24. The first kappa shape index (κ1) is 6.86. The first-order chi connectivity index (χ1) is 4.22. The molecule has 0 bridgehead atoms. The summed E-state index contributed by atoms with van der Waals surface area (Å²) in [6.07, 6.45) is 0.749. The second-order valence-electron chi connectivity index (χ2n) is 2.22. The van der Waals surface area contributed by atoms with Crippen LogP contribution < -0.4 is 0 Å². The molecule has 2 atom stereocenters. The summed E-state index contributed by atoms with van der Waals surface area (Å²) in [5.41, 5.74) is 0. The molecule has 1 rings (SSSR count). The molecule has 1 fully saturated rings. The zero-order valence-corrected chi connectivity index (χ0v) is 6.06. The van der Waals surface area contributed by atoms with Crippen LogP contribution in [0.1, 0.15) is 13.3 Å². The molecule has 0 amide bonds. The van der Waals surface area contributed by atoms with Gasteiger partial charge in [-0.2, -0.15) is 11.8 Å². The molecule has 0 aromatic heterocycles. The summed E-state index contributed by atoms with van der Waals surface area (Å²) in [7, 11) is 0. The van der Waals surface area contributed by atoms with Gasteiger partial charge >= 0.3 is 0 Å². The van der Waals surface area contributed by atoms with Crippen LogP contribution in [0.5, 0.6) is 0 Å². The average molecular weight is 147 g/mol. The van der Waals surface area contributed by atoms with E-state index in [0.717, 1.165) is 12.2 Å². The molecule has 3 nitrogen and oxygen atoms in total. The molecule has 1 heterocycles. The maximum absolute atomic E-state index is 10.2. The molecule has 0 N–H and O–H groups in total. The van der Waals surface area contributed by atoms with Crippen LogP contribution in [-0.2, 0) is 0 Å². The van der Waals surface area contributed by atoms with Crippen molar-refractivity contribution in [3.05, 3.63) is 10.1 Å². The first-order valence-corrected chi connectivity index (χ1v) is 4.02. The highest BCUT2D eigenvalue weighted by atomic mass is 32.2. The van der Waals surface area contributed by atoms with Crippen LogP contribution in [0.15, 0.2) is 0 Å². The Morgan fingerprint density at radius 2 is 2.44 bits per heavy atom. The van der Waals surface area contributed by atoms with E-state index in [0.29, 0.717) is 0 Å². The third kappa shape index (κ3) is 1.36. The summed E-state index contributed by atoms with van der Waals surface area (Å²) in [5.74, 6) is 0.951. The largest absolute Gasteiger partial charge is 0.264 e. The maximum Gasteiger partial charge on any atom is 0.225 e. The molecule has 0 radical (unpaired) electrons. The lowest BCUT2D eigenvalue weighted by molar-refractivity contribution is -0.520. The fourth-order valence-corrected chi connectivity index (χ4v) is 2.20. The van der Waals surface area contributed by atoms with Gasteiger partial charge in [-0.05, 0) is 6.92 Å². The second kappa shape index (κ2) is 2.56. The van der Waals surface area contributed by atoms with Gasteiger partial charge in [0.05, 0.1) is 5.25 Å².